The Morgan fingerprint density at radius 1 is 1.60 bits per heavy atom. The van der Waals surface area contributed by atoms with Crippen LogP contribution in [0, 0.1) is 5.41 Å². The van der Waals surface area contributed by atoms with Crippen LogP contribution < -0.4 is 0 Å². The van der Waals surface area contributed by atoms with Crippen LogP contribution in [0.4, 0.5) is 4.39 Å². The van der Waals surface area contributed by atoms with Crippen LogP contribution in [0.15, 0.2) is 5.16 Å². The SMILES string of the molecule is CC(C)(C)C1=NOC(F)C1. The Balaban J connectivity index is 2.60. The van der Waals surface area contributed by atoms with E-state index in [0.717, 1.165) is 5.71 Å². The van der Waals surface area contributed by atoms with Gasteiger partial charge in [-0.05, 0) is 0 Å². The summed E-state index contributed by atoms with van der Waals surface area (Å²) in [5.41, 5.74) is 0.751. The first-order chi connectivity index (χ1) is 4.50. The smallest absolute Gasteiger partial charge is 0.269 e. The first kappa shape index (κ1) is 7.51. The maximum absolute atomic E-state index is 12.4. The topological polar surface area (TPSA) is 21.6 Å². The minimum absolute atomic E-state index is 0.0547. The number of rotatable bonds is 0. The number of halogens is 1. The van der Waals surface area contributed by atoms with Gasteiger partial charge < -0.3 is 4.84 Å². The van der Waals surface area contributed by atoms with Crippen molar-refractivity contribution in [3.05, 3.63) is 0 Å². The highest BCUT2D eigenvalue weighted by atomic mass is 19.1. The summed E-state index contributed by atoms with van der Waals surface area (Å²) in [7, 11) is 0. The molecule has 3 heteroatoms. The Hall–Kier alpha value is -0.600. The van der Waals surface area contributed by atoms with Gasteiger partial charge in [0.25, 0.3) is 6.36 Å². The highest BCUT2D eigenvalue weighted by Gasteiger charge is 2.28. The van der Waals surface area contributed by atoms with E-state index in [4.69, 9.17) is 0 Å². The molecule has 58 valence electrons. The van der Waals surface area contributed by atoms with Crippen molar-refractivity contribution in [3.63, 3.8) is 0 Å². The molecular weight excluding hydrogens is 133 g/mol. The minimum Gasteiger partial charge on any atom is -0.358 e. The van der Waals surface area contributed by atoms with Crippen molar-refractivity contribution < 1.29 is 9.23 Å². The number of hydrogen-bond donors (Lipinski definition) is 0. The van der Waals surface area contributed by atoms with Crippen molar-refractivity contribution >= 4 is 5.71 Å². The van der Waals surface area contributed by atoms with E-state index in [1.807, 2.05) is 20.8 Å². The lowest BCUT2D eigenvalue weighted by Gasteiger charge is -2.15. The average molecular weight is 145 g/mol. The molecule has 0 bridgehead atoms. The van der Waals surface area contributed by atoms with Crippen LogP contribution in [-0.2, 0) is 4.84 Å². The fourth-order valence-corrected chi connectivity index (χ4v) is 0.790. The van der Waals surface area contributed by atoms with Gasteiger partial charge in [0.15, 0.2) is 0 Å². The van der Waals surface area contributed by atoms with Crippen molar-refractivity contribution in [3.8, 4) is 0 Å². The van der Waals surface area contributed by atoms with Gasteiger partial charge in [-0.2, -0.15) is 4.39 Å². The molecular formula is C7H12FNO. The van der Waals surface area contributed by atoms with Crippen LogP contribution in [-0.4, -0.2) is 12.1 Å². The first-order valence-corrected chi connectivity index (χ1v) is 3.37. The largest absolute Gasteiger partial charge is 0.358 e. The van der Waals surface area contributed by atoms with Crippen LogP contribution in [0.1, 0.15) is 27.2 Å². The summed E-state index contributed by atoms with van der Waals surface area (Å²) in [6.07, 6.45) is -0.891. The molecule has 0 saturated carbocycles. The molecule has 0 aromatic carbocycles. The summed E-state index contributed by atoms with van der Waals surface area (Å²) in [4.78, 5) is 4.41. The van der Waals surface area contributed by atoms with Crippen LogP contribution in [0.2, 0.25) is 0 Å². The zero-order valence-corrected chi connectivity index (χ0v) is 6.52. The Morgan fingerprint density at radius 3 is 2.40 bits per heavy atom. The van der Waals surface area contributed by atoms with E-state index in [2.05, 4.69) is 9.99 Å². The lowest BCUT2D eigenvalue weighted by atomic mass is 9.88. The van der Waals surface area contributed by atoms with Crippen LogP contribution >= 0.6 is 0 Å². The third-order valence-electron chi connectivity index (χ3n) is 1.50. The summed E-state index contributed by atoms with van der Waals surface area (Å²) >= 11 is 0. The van der Waals surface area contributed by atoms with Gasteiger partial charge in [-0.1, -0.05) is 25.9 Å². The molecule has 2 nitrogen and oxygen atoms in total. The highest BCUT2D eigenvalue weighted by molar-refractivity contribution is 5.89. The average Bonchev–Trinajstić information content (AvgIpc) is 2.11. The zero-order chi connectivity index (χ0) is 7.78. The fraction of sp³-hybridized carbons (Fsp3) is 0.857. The van der Waals surface area contributed by atoms with Crippen molar-refractivity contribution in [1.29, 1.82) is 0 Å². The Kier molecular flexibility index (Phi) is 1.67. The molecule has 1 rings (SSSR count). The normalized spacial score (nSPS) is 26.0. The fourth-order valence-electron chi connectivity index (χ4n) is 0.790. The quantitative estimate of drug-likeness (QED) is 0.511. The Labute approximate surface area is 60.1 Å². The molecule has 1 atom stereocenters. The lowest BCUT2D eigenvalue weighted by Crippen LogP contribution is -2.19. The second-order valence-corrected chi connectivity index (χ2v) is 3.51. The number of oxime groups is 1. The Bertz CT molecular complexity index is 159. The zero-order valence-electron chi connectivity index (χ0n) is 6.52. The third-order valence-corrected chi connectivity index (χ3v) is 1.50. The van der Waals surface area contributed by atoms with Gasteiger partial charge in [-0.3, -0.25) is 0 Å². The van der Waals surface area contributed by atoms with Gasteiger partial charge in [0.1, 0.15) is 0 Å². The summed E-state index contributed by atoms with van der Waals surface area (Å²) in [6, 6.07) is 0. The predicted octanol–water partition coefficient (Wildman–Crippen LogP) is 2.10. The van der Waals surface area contributed by atoms with Crippen molar-refractivity contribution in [2.75, 3.05) is 0 Å². The van der Waals surface area contributed by atoms with Crippen molar-refractivity contribution in [1.82, 2.24) is 0 Å². The maximum atomic E-state index is 12.4. The molecule has 0 aliphatic carbocycles. The highest BCUT2D eigenvalue weighted by Crippen LogP contribution is 2.25. The number of alkyl halides is 1. The molecule has 0 aromatic rings. The van der Waals surface area contributed by atoms with Crippen molar-refractivity contribution in [2.45, 2.75) is 33.5 Å². The number of hydrogen-bond acceptors (Lipinski definition) is 2. The first-order valence-electron chi connectivity index (χ1n) is 3.37. The van der Waals surface area contributed by atoms with Crippen LogP contribution in [0.5, 0.6) is 0 Å². The molecule has 1 aliphatic heterocycles. The molecule has 0 radical (unpaired) electrons. The molecule has 0 N–H and O–H groups in total. The maximum Gasteiger partial charge on any atom is 0.269 e. The van der Waals surface area contributed by atoms with E-state index in [-0.39, 0.29) is 5.41 Å². The minimum atomic E-state index is -1.21. The summed E-state index contributed by atoms with van der Waals surface area (Å²) < 4.78 is 12.4. The monoisotopic (exact) mass is 145 g/mol. The Morgan fingerprint density at radius 2 is 2.20 bits per heavy atom. The van der Waals surface area contributed by atoms with Crippen molar-refractivity contribution in [2.24, 2.45) is 10.6 Å². The predicted molar refractivity (Wildman–Crippen MR) is 37.5 cm³/mol. The molecule has 0 amide bonds. The van der Waals surface area contributed by atoms with E-state index in [0.29, 0.717) is 6.42 Å². The summed E-state index contributed by atoms with van der Waals surface area (Å²) in [5.74, 6) is 0. The van der Waals surface area contributed by atoms with Gasteiger partial charge in [-0.15, -0.1) is 0 Å². The second kappa shape index (κ2) is 2.22. The third kappa shape index (κ3) is 1.46. The van der Waals surface area contributed by atoms with Gasteiger partial charge >= 0.3 is 0 Å². The van der Waals surface area contributed by atoms with Crippen LogP contribution in [0.25, 0.3) is 0 Å². The van der Waals surface area contributed by atoms with Gasteiger partial charge in [0.2, 0.25) is 0 Å². The molecule has 1 unspecified atom stereocenters. The van der Waals surface area contributed by atoms with Crippen LogP contribution in [0.3, 0.4) is 0 Å². The lowest BCUT2D eigenvalue weighted by molar-refractivity contribution is -0.0117. The standard InChI is InChI=1S/C7H12FNO/c1-7(2,3)5-4-6(8)10-9-5/h6H,4H2,1-3H3. The molecule has 10 heavy (non-hydrogen) atoms. The van der Waals surface area contributed by atoms with E-state index >= 15 is 0 Å². The molecule has 0 saturated heterocycles. The number of nitrogens with zero attached hydrogens (tertiary/aromatic N) is 1. The van der Waals surface area contributed by atoms with E-state index in [1.165, 1.54) is 0 Å². The molecule has 0 aromatic heterocycles. The van der Waals surface area contributed by atoms with E-state index < -0.39 is 6.36 Å². The second-order valence-electron chi connectivity index (χ2n) is 3.51. The van der Waals surface area contributed by atoms with E-state index in [9.17, 15) is 4.39 Å². The molecule has 1 aliphatic rings. The van der Waals surface area contributed by atoms with Gasteiger partial charge in [0, 0.05) is 5.41 Å². The summed E-state index contributed by atoms with van der Waals surface area (Å²) in [5, 5.41) is 3.63. The summed E-state index contributed by atoms with van der Waals surface area (Å²) in [6.45, 7) is 5.98. The van der Waals surface area contributed by atoms with E-state index in [1.54, 1.807) is 0 Å². The van der Waals surface area contributed by atoms with Gasteiger partial charge in [0.05, 0.1) is 12.1 Å². The molecule has 0 spiro atoms. The molecule has 1 heterocycles. The molecule has 0 fully saturated rings. The van der Waals surface area contributed by atoms with Gasteiger partial charge in [-0.25, -0.2) is 0 Å².